The summed E-state index contributed by atoms with van der Waals surface area (Å²) in [5.74, 6) is 6.90. The number of aliphatic imine (C=N–C) groups is 1. The number of carbonyl (C=O) groups is 1. The Hall–Kier alpha value is -3.59. The first-order valence-corrected chi connectivity index (χ1v) is 16.9. The molecule has 2 aromatic carbocycles. The van der Waals surface area contributed by atoms with E-state index in [1.54, 1.807) is 19.1 Å². The molecule has 2 fully saturated rings. The second-order valence-corrected chi connectivity index (χ2v) is 14.0. The highest BCUT2D eigenvalue weighted by molar-refractivity contribution is 6.14. The molecule has 5 rings (SSSR count). The SMILES string of the molecule is C=C(C#CCCC(C)=O)c1ccc(C(CC)N2C(=C3CC3)C(c3ccc(C(F)(F)F)cc3)=NC23CCC(C(C)(C)CC)CC3)cc1. The van der Waals surface area contributed by atoms with Crippen molar-refractivity contribution in [2.45, 2.75) is 117 Å². The van der Waals surface area contributed by atoms with Crippen LogP contribution in [0.2, 0.25) is 0 Å². The highest BCUT2D eigenvalue weighted by Gasteiger charge is 2.52. The highest BCUT2D eigenvalue weighted by Crippen LogP contribution is 2.55. The van der Waals surface area contributed by atoms with Gasteiger partial charge in [-0.3, -0.25) is 9.79 Å². The Labute approximate surface area is 273 Å². The molecule has 1 unspecified atom stereocenters. The van der Waals surface area contributed by atoms with E-state index in [1.807, 2.05) is 0 Å². The summed E-state index contributed by atoms with van der Waals surface area (Å²) in [4.78, 5) is 19.4. The number of Topliss-reactive ketones (excluding diaryl/α,β-unsaturated/α-hetero) is 1. The molecule has 1 spiro atoms. The van der Waals surface area contributed by atoms with Crippen LogP contribution in [0.25, 0.3) is 5.57 Å². The normalized spacial score (nSPS) is 22.0. The molecule has 3 nitrogen and oxygen atoms in total. The van der Waals surface area contributed by atoms with Gasteiger partial charge >= 0.3 is 6.18 Å². The number of alkyl halides is 3. The van der Waals surface area contributed by atoms with Gasteiger partial charge in [-0.05, 0) is 92.0 Å². The van der Waals surface area contributed by atoms with Gasteiger partial charge < -0.3 is 4.90 Å². The van der Waals surface area contributed by atoms with Crippen LogP contribution in [-0.2, 0) is 11.0 Å². The monoisotopic (exact) mass is 628 g/mol. The first kappa shape index (κ1) is 33.8. The van der Waals surface area contributed by atoms with Crippen LogP contribution in [0.15, 0.2) is 71.4 Å². The Morgan fingerprint density at radius 1 is 1.04 bits per heavy atom. The molecule has 244 valence electrons. The lowest BCUT2D eigenvalue weighted by atomic mass is 9.67. The molecule has 46 heavy (non-hydrogen) atoms. The molecule has 0 radical (unpaired) electrons. The summed E-state index contributed by atoms with van der Waals surface area (Å²) in [5, 5.41) is 0. The van der Waals surface area contributed by atoms with E-state index in [4.69, 9.17) is 4.99 Å². The summed E-state index contributed by atoms with van der Waals surface area (Å²) in [6.07, 6.45) is 4.54. The number of nitrogens with zero attached hydrogens (tertiary/aromatic N) is 2. The van der Waals surface area contributed by atoms with Crippen molar-refractivity contribution in [2.75, 3.05) is 0 Å². The zero-order valence-corrected chi connectivity index (χ0v) is 28.0. The van der Waals surface area contributed by atoms with Crippen LogP contribution in [0, 0.1) is 23.2 Å². The van der Waals surface area contributed by atoms with Gasteiger partial charge in [-0.1, -0.05) is 88.9 Å². The lowest BCUT2D eigenvalue weighted by molar-refractivity contribution is -0.137. The Balaban J connectivity index is 1.52. The van der Waals surface area contributed by atoms with Gasteiger partial charge in [0.2, 0.25) is 0 Å². The van der Waals surface area contributed by atoms with Gasteiger partial charge in [-0.15, -0.1) is 0 Å². The van der Waals surface area contributed by atoms with Gasteiger partial charge in [0.1, 0.15) is 11.4 Å². The largest absolute Gasteiger partial charge is 0.416 e. The molecule has 2 aromatic rings. The number of halogens is 3. The van der Waals surface area contributed by atoms with Crippen LogP contribution in [0.3, 0.4) is 0 Å². The minimum atomic E-state index is -4.38. The average Bonchev–Trinajstić information content (AvgIpc) is 3.83. The third kappa shape index (κ3) is 7.04. The third-order valence-electron chi connectivity index (χ3n) is 10.5. The molecule has 1 atom stereocenters. The summed E-state index contributed by atoms with van der Waals surface area (Å²) in [6, 6.07) is 14.1. The first-order chi connectivity index (χ1) is 21.8. The first-order valence-electron chi connectivity index (χ1n) is 16.9. The van der Waals surface area contributed by atoms with Crippen molar-refractivity contribution in [3.05, 3.63) is 88.6 Å². The van der Waals surface area contributed by atoms with E-state index in [9.17, 15) is 18.0 Å². The van der Waals surface area contributed by atoms with Crippen molar-refractivity contribution in [3.63, 3.8) is 0 Å². The maximum absolute atomic E-state index is 13.5. The van der Waals surface area contributed by atoms with E-state index >= 15 is 0 Å². The zero-order chi connectivity index (χ0) is 33.3. The summed E-state index contributed by atoms with van der Waals surface area (Å²) in [7, 11) is 0. The second-order valence-electron chi connectivity index (χ2n) is 14.0. The van der Waals surface area contributed by atoms with Gasteiger partial charge in [-0.25, -0.2) is 0 Å². The predicted octanol–water partition coefficient (Wildman–Crippen LogP) is 10.7. The van der Waals surface area contributed by atoms with Crippen LogP contribution < -0.4 is 0 Å². The zero-order valence-electron chi connectivity index (χ0n) is 28.0. The highest BCUT2D eigenvalue weighted by atomic mass is 19.4. The van der Waals surface area contributed by atoms with Crippen LogP contribution >= 0.6 is 0 Å². The Morgan fingerprint density at radius 3 is 2.20 bits per heavy atom. The smallest absolute Gasteiger partial charge is 0.338 e. The number of carbonyl (C=O) groups excluding carboxylic acids is 1. The summed E-state index contributed by atoms with van der Waals surface area (Å²) < 4.78 is 40.4. The van der Waals surface area contributed by atoms with Crippen LogP contribution in [0.1, 0.15) is 127 Å². The predicted molar refractivity (Wildman–Crippen MR) is 181 cm³/mol. The van der Waals surface area contributed by atoms with Crippen molar-refractivity contribution in [1.82, 2.24) is 4.90 Å². The second kappa shape index (κ2) is 13.3. The van der Waals surface area contributed by atoms with Crippen molar-refractivity contribution in [2.24, 2.45) is 16.3 Å². The quantitative estimate of drug-likeness (QED) is 0.259. The fourth-order valence-corrected chi connectivity index (χ4v) is 7.20. The molecule has 0 N–H and O–H groups in total. The van der Waals surface area contributed by atoms with Crippen LogP contribution in [0.5, 0.6) is 0 Å². The Morgan fingerprint density at radius 2 is 1.67 bits per heavy atom. The lowest BCUT2D eigenvalue weighted by Gasteiger charge is -2.49. The molecule has 1 heterocycles. The van der Waals surface area contributed by atoms with Crippen LogP contribution in [0.4, 0.5) is 13.2 Å². The molecule has 2 aliphatic carbocycles. The van der Waals surface area contributed by atoms with Crippen molar-refractivity contribution >= 4 is 17.1 Å². The van der Waals surface area contributed by atoms with Gasteiger partial charge in [0.25, 0.3) is 0 Å². The van der Waals surface area contributed by atoms with Crippen molar-refractivity contribution < 1.29 is 18.0 Å². The maximum Gasteiger partial charge on any atom is 0.416 e. The summed E-state index contributed by atoms with van der Waals surface area (Å²) in [6.45, 7) is 15.0. The minimum Gasteiger partial charge on any atom is -0.338 e. The van der Waals surface area contributed by atoms with E-state index < -0.39 is 17.4 Å². The Bertz CT molecular complexity index is 1570. The van der Waals surface area contributed by atoms with Crippen molar-refractivity contribution in [1.29, 1.82) is 0 Å². The molecule has 6 heteroatoms. The van der Waals surface area contributed by atoms with E-state index in [0.717, 1.165) is 79.5 Å². The number of ketones is 1. The lowest BCUT2D eigenvalue weighted by Crippen LogP contribution is -2.48. The number of rotatable bonds is 9. The molecule has 0 bridgehead atoms. The molecular weight excluding hydrogens is 581 g/mol. The fourth-order valence-electron chi connectivity index (χ4n) is 7.20. The number of hydrogen-bond donors (Lipinski definition) is 0. The van der Waals surface area contributed by atoms with Crippen molar-refractivity contribution in [3.8, 4) is 11.8 Å². The van der Waals surface area contributed by atoms with E-state index in [0.29, 0.717) is 18.8 Å². The third-order valence-corrected chi connectivity index (χ3v) is 10.5. The molecule has 0 amide bonds. The van der Waals surface area contributed by atoms with Gasteiger partial charge in [0.15, 0.2) is 0 Å². The number of allylic oxidation sites excluding steroid dienone is 3. The molecule has 0 aromatic heterocycles. The summed E-state index contributed by atoms with van der Waals surface area (Å²) >= 11 is 0. The molecule has 1 aliphatic heterocycles. The van der Waals surface area contributed by atoms with E-state index in [1.165, 1.54) is 23.3 Å². The fraction of sp³-hybridized carbons (Fsp3) is 0.500. The molecule has 0 saturated heterocycles. The van der Waals surface area contributed by atoms with E-state index in [2.05, 4.69) is 75.3 Å². The average molecular weight is 629 g/mol. The number of benzene rings is 2. The maximum atomic E-state index is 13.5. The van der Waals surface area contributed by atoms with Gasteiger partial charge in [-0.2, -0.15) is 13.2 Å². The topological polar surface area (TPSA) is 32.7 Å². The van der Waals surface area contributed by atoms with E-state index in [-0.39, 0.29) is 17.2 Å². The molecule has 3 aliphatic rings. The van der Waals surface area contributed by atoms with Crippen LogP contribution in [-0.4, -0.2) is 22.1 Å². The number of hydrogen-bond acceptors (Lipinski definition) is 3. The summed E-state index contributed by atoms with van der Waals surface area (Å²) in [5.41, 5.74) is 6.11. The molecule has 2 saturated carbocycles. The Kier molecular flexibility index (Phi) is 9.73. The standard InChI is InChI=1S/C40H47F3N2O/c1-7-35(30-15-13-29(14-16-30)27(3)11-9-10-12-28(4)46)45-37(32-17-18-32)36(31-19-21-34(22-20-31)40(41,42)43)44-39(45)25-23-33(24-26-39)38(5,6)8-2/h13-16,19-22,33,35H,3,7-8,10,12,17-18,23-26H2,1-2,4-6H3. The van der Waals surface area contributed by atoms with Gasteiger partial charge in [0.05, 0.1) is 23.0 Å². The molecular formula is C40H47F3N2O. The minimum absolute atomic E-state index is 0.0542. The van der Waals surface area contributed by atoms with Gasteiger partial charge in [0, 0.05) is 24.0 Å².